The minimum atomic E-state index is -4.46. The monoisotopic (exact) mass is 297 g/mol. The molecule has 0 aliphatic rings. The van der Waals surface area contributed by atoms with Crippen molar-refractivity contribution in [2.24, 2.45) is 0 Å². The van der Waals surface area contributed by atoms with Crippen LogP contribution in [0, 0.1) is 5.82 Å². The first kappa shape index (κ1) is 13.2. The van der Waals surface area contributed by atoms with Gasteiger partial charge in [-0.1, -0.05) is 24.3 Å². The van der Waals surface area contributed by atoms with Crippen LogP contribution in [-0.4, -0.2) is 10.5 Å². The van der Waals surface area contributed by atoms with Crippen molar-refractivity contribution in [1.29, 1.82) is 0 Å². The average molecular weight is 297 g/mol. The zero-order valence-electron chi connectivity index (χ0n) is 9.91. The maximum atomic E-state index is 13.3. The topological polar surface area (TPSA) is 12.9 Å². The summed E-state index contributed by atoms with van der Waals surface area (Å²) in [6.07, 6.45) is 0. The molecule has 0 bridgehead atoms. The molecule has 3 aromatic rings. The first-order valence-corrected chi connectivity index (χ1v) is 6.49. The summed E-state index contributed by atoms with van der Waals surface area (Å²) in [5.74, 6) is -0.585. The molecular weight excluding hydrogens is 290 g/mol. The molecule has 6 heteroatoms. The largest absolute Gasteiger partial charge is 0.447 e. The molecule has 0 N–H and O–H groups in total. The van der Waals surface area contributed by atoms with Crippen LogP contribution >= 0.6 is 11.8 Å². The first-order valence-electron chi connectivity index (χ1n) is 5.68. The number of nitrogens with zero attached hydrogens (tertiary/aromatic N) is 1. The van der Waals surface area contributed by atoms with E-state index < -0.39 is 11.3 Å². The summed E-state index contributed by atoms with van der Waals surface area (Å²) in [4.78, 5) is 4.01. The summed E-state index contributed by atoms with van der Waals surface area (Å²) < 4.78 is 51.1. The molecule has 1 nitrogen and oxygen atoms in total. The van der Waals surface area contributed by atoms with E-state index in [1.54, 1.807) is 24.3 Å². The first-order chi connectivity index (χ1) is 9.44. The summed E-state index contributed by atoms with van der Waals surface area (Å²) in [7, 11) is 0. The van der Waals surface area contributed by atoms with Gasteiger partial charge in [-0.05, 0) is 23.6 Å². The van der Waals surface area contributed by atoms with E-state index in [1.807, 2.05) is 0 Å². The van der Waals surface area contributed by atoms with Crippen molar-refractivity contribution in [3.63, 3.8) is 0 Å². The highest BCUT2D eigenvalue weighted by Gasteiger charge is 2.31. The van der Waals surface area contributed by atoms with Gasteiger partial charge in [0.2, 0.25) is 0 Å². The van der Waals surface area contributed by atoms with Crippen molar-refractivity contribution >= 4 is 33.4 Å². The Morgan fingerprint density at radius 3 is 2.40 bits per heavy atom. The van der Waals surface area contributed by atoms with E-state index in [0.29, 0.717) is 16.3 Å². The number of fused-ring (bicyclic) bond motifs is 3. The zero-order valence-corrected chi connectivity index (χ0v) is 10.7. The molecule has 0 fully saturated rings. The maximum Gasteiger partial charge on any atom is 0.447 e. The van der Waals surface area contributed by atoms with Crippen molar-refractivity contribution in [3.8, 4) is 0 Å². The predicted molar refractivity (Wildman–Crippen MR) is 71.1 cm³/mol. The van der Waals surface area contributed by atoms with Gasteiger partial charge < -0.3 is 0 Å². The summed E-state index contributed by atoms with van der Waals surface area (Å²) in [6, 6.07) is 10.7. The molecule has 0 amide bonds. The third kappa shape index (κ3) is 2.43. The van der Waals surface area contributed by atoms with Gasteiger partial charge in [-0.15, -0.1) is 0 Å². The molecule has 0 aliphatic heterocycles. The standard InChI is InChI=1S/C14H7F4NS/c15-8-5-6-9-10-3-1-2-4-12(10)19-13(11(9)7-8)20-14(16,17)18/h1-7H. The van der Waals surface area contributed by atoms with Crippen molar-refractivity contribution in [2.45, 2.75) is 10.5 Å². The normalized spacial score (nSPS) is 12.2. The molecule has 0 spiro atoms. The Bertz CT molecular complexity index is 798. The van der Waals surface area contributed by atoms with E-state index in [-0.39, 0.29) is 22.2 Å². The molecule has 0 atom stereocenters. The van der Waals surface area contributed by atoms with Crippen LogP contribution in [0.25, 0.3) is 21.7 Å². The van der Waals surface area contributed by atoms with Crippen LogP contribution in [0.2, 0.25) is 0 Å². The molecule has 0 saturated heterocycles. The van der Waals surface area contributed by atoms with E-state index in [4.69, 9.17) is 0 Å². The minimum absolute atomic E-state index is 0.172. The van der Waals surface area contributed by atoms with Gasteiger partial charge in [-0.2, -0.15) is 13.2 Å². The fourth-order valence-corrected chi connectivity index (χ4v) is 2.73. The molecule has 0 unspecified atom stereocenters. The maximum absolute atomic E-state index is 13.3. The van der Waals surface area contributed by atoms with E-state index in [9.17, 15) is 17.6 Å². The molecule has 2 aromatic carbocycles. The second kappa shape index (κ2) is 4.63. The summed E-state index contributed by atoms with van der Waals surface area (Å²) in [5, 5.41) is 1.20. The molecule has 3 rings (SSSR count). The average Bonchev–Trinajstić information content (AvgIpc) is 2.37. The van der Waals surface area contributed by atoms with Crippen LogP contribution in [0.4, 0.5) is 17.6 Å². The molecule has 1 aromatic heterocycles. The van der Waals surface area contributed by atoms with E-state index in [2.05, 4.69) is 4.98 Å². The van der Waals surface area contributed by atoms with Crippen molar-refractivity contribution < 1.29 is 17.6 Å². The lowest BCUT2D eigenvalue weighted by Crippen LogP contribution is -2.01. The Morgan fingerprint density at radius 1 is 0.900 bits per heavy atom. The molecule has 1 heterocycles. The minimum Gasteiger partial charge on any atom is -0.240 e. The van der Waals surface area contributed by atoms with E-state index >= 15 is 0 Å². The molecule has 102 valence electrons. The SMILES string of the molecule is Fc1ccc2c(c1)c(SC(F)(F)F)nc1ccccc12. The Balaban J connectivity index is 2.38. The molecule has 0 radical (unpaired) electrons. The van der Waals surface area contributed by atoms with Crippen molar-refractivity contribution in [2.75, 3.05) is 0 Å². The quantitative estimate of drug-likeness (QED) is 0.350. The molecule has 0 saturated carbocycles. The number of pyridine rings is 1. The lowest BCUT2D eigenvalue weighted by atomic mass is 10.1. The fraction of sp³-hybridized carbons (Fsp3) is 0.0714. The van der Waals surface area contributed by atoms with E-state index in [1.165, 1.54) is 12.1 Å². The van der Waals surface area contributed by atoms with Gasteiger partial charge in [0.1, 0.15) is 10.8 Å². The summed E-state index contributed by atoms with van der Waals surface area (Å²) in [5.41, 5.74) is -4.01. The Hall–Kier alpha value is -1.82. The van der Waals surface area contributed by atoms with Crippen LogP contribution in [0.1, 0.15) is 0 Å². The van der Waals surface area contributed by atoms with Crippen molar-refractivity contribution in [1.82, 2.24) is 4.98 Å². The van der Waals surface area contributed by atoms with Gasteiger partial charge in [0.15, 0.2) is 0 Å². The number of benzene rings is 2. The lowest BCUT2D eigenvalue weighted by molar-refractivity contribution is -0.0328. The van der Waals surface area contributed by atoms with Gasteiger partial charge >= 0.3 is 5.51 Å². The van der Waals surface area contributed by atoms with Crippen LogP contribution in [0.3, 0.4) is 0 Å². The predicted octanol–water partition coefficient (Wildman–Crippen LogP) is 5.14. The molecule has 20 heavy (non-hydrogen) atoms. The number of hydrogen-bond donors (Lipinski definition) is 0. The lowest BCUT2D eigenvalue weighted by Gasteiger charge is -2.10. The Kier molecular flexibility index (Phi) is 3.05. The van der Waals surface area contributed by atoms with Gasteiger partial charge in [0.05, 0.1) is 5.52 Å². The summed E-state index contributed by atoms with van der Waals surface area (Å²) >= 11 is -0.324. The van der Waals surface area contributed by atoms with Gasteiger partial charge in [-0.3, -0.25) is 0 Å². The Morgan fingerprint density at radius 2 is 1.65 bits per heavy atom. The third-order valence-corrected chi connectivity index (χ3v) is 3.58. The highest BCUT2D eigenvalue weighted by Crippen LogP contribution is 2.40. The number of alkyl halides is 3. The number of aromatic nitrogens is 1. The molecular formula is C14H7F4NS. The molecule has 0 aliphatic carbocycles. The second-order valence-electron chi connectivity index (χ2n) is 4.17. The number of hydrogen-bond acceptors (Lipinski definition) is 2. The number of halogens is 4. The van der Waals surface area contributed by atoms with Crippen LogP contribution in [-0.2, 0) is 0 Å². The van der Waals surface area contributed by atoms with Crippen molar-refractivity contribution in [3.05, 3.63) is 48.3 Å². The van der Waals surface area contributed by atoms with Crippen LogP contribution in [0.5, 0.6) is 0 Å². The second-order valence-corrected chi connectivity index (χ2v) is 5.23. The van der Waals surface area contributed by atoms with Crippen LogP contribution in [0.15, 0.2) is 47.5 Å². The zero-order chi connectivity index (χ0) is 14.3. The van der Waals surface area contributed by atoms with E-state index in [0.717, 1.165) is 6.07 Å². The van der Waals surface area contributed by atoms with Crippen LogP contribution < -0.4 is 0 Å². The highest BCUT2D eigenvalue weighted by molar-refractivity contribution is 8.00. The highest BCUT2D eigenvalue weighted by atomic mass is 32.2. The Labute approximate surface area is 115 Å². The summed E-state index contributed by atoms with van der Waals surface area (Å²) in [6.45, 7) is 0. The number of rotatable bonds is 1. The van der Waals surface area contributed by atoms with Gasteiger partial charge in [0, 0.05) is 22.5 Å². The van der Waals surface area contributed by atoms with Gasteiger partial charge in [0.25, 0.3) is 0 Å². The number of para-hydroxylation sites is 1. The third-order valence-electron chi connectivity index (χ3n) is 2.84. The van der Waals surface area contributed by atoms with Gasteiger partial charge in [-0.25, -0.2) is 9.37 Å². The fourth-order valence-electron chi connectivity index (χ4n) is 2.08. The number of thioether (sulfide) groups is 1. The smallest absolute Gasteiger partial charge is 0.240 e.